The Morgan fingerprint density at radius 1 is 1.25 bits per heavy atom. The first-order valence-electron chi connectivity index (χ1n) is 10.6. The molecule has 2 aromatic heterocycles. The Kier molecular flexibility index (Phi) is 6.53. The number of methoxy groups -OCH3 is 1. The maximum atomic E-state index is 12.7. The Morgan fingerprint density at radius 3 is 2.75 bits per heavy atom. The molecule has 0 spiro atoms. The summed E-state index contributed by atoms with van der Waals surface area (Å²) in [4.78, 5) is 15.4. The molecule has 0 unspecified atom stereocenters. The molecule has 2 heterocycles. The van der Waals surface area contributed by atoms with E-state index in [1.807, 2.05) is 6.92 Å². The van der Waals surface area contributed by atoms with Gasteiger partial charge in [-0.3, -0.25) is 4.79 Å². The highest BCUT2D eigenvalue weighted by atomic mass is 32.2. The summed E-state index contributed by atoms with van der Waals surface area (Å²) < 4.78 is 39.9. The molecule has 0 aliphatic heterocycles. The van der Waals surface area contributed by atoms with Crippen LogP contribution in [0.15, 0.2) is 27.9 Å². The van der Waals surface area contributed by atoms with Gasteiger partial charge >= 0.3 is 0 Å². The van der Waals surface area contributed by atoms with Gasteiger partial charge in [-0.1, -0.05) is 12.8 Å². The Bertz CT molecular complexity index is 1260. The van der Waals surface area contributed by atoms with Gasteiger partial charge in [-0.2, -0.15) is 4.52 Å². The second-order valence-corrected chi connectivity index (χ2v) is 9.33. The lowest BCUT2D eigenvalue weighted by molar-refractivity contribution is 0.204. The average Bonchev–Trinajstić information content (AvgIpc) is 3.44. The third-order valence-corrected chi connectivity index (χ3v) is 6.89. The van der Waals surface area contributed by atoms with Crippen LogP contribution in [0.3, 0.4) is 0 Å². The van der Waals surface area contributed by atoms with Crippen LogP contribution < -0.4 is 15.0 Å². The largest absolute Gasteiger partial charge is 0.493 e. The molecule has 2 N–H and O–H groups in total. The van der Waals surface area contributed by atoms with Crippen LogP contribution in [-0.4, -0.2) is 60.1 Å². The second kappa shape index (κ2) is 9.35. The lowest BCUT2D eigenvalue weighted by atomic mass is 10.1. The van der Waals surface area contributed by atoms with Crippen LogP contribution in [0.5, 0.6) is 5.75 Å². The van der Waals surface area contributed by atoms with Gasteiger partial charge in [0.2, 0.25) is 15.7 Å². The van der Waals surface area contributed by atoms with Crippen molar-refractivity contribution in [3.8, 4) is 17.1 Å². The van der Waals surface area contributed by atoms with Gasteiger partial charge in [-0.15, -0.1) is 15.3 Å². The van der Waals surface area contributed by atoms with E-state index in [9.17, 15) is 13.2 Å². The molecule has 32 heavy (non-hydrogen) atoms. The van der Waals surface area contributed by atoms with Crippen molar-refractivity contribution in [2.24, 2.45) is 0 Å². The number of H-pyrrole nitrogens is 1. The smallest absolute Gasteiger partial charge is 0.296 e. The number of rotatable bonds is 9. The average molecular weight is 463 g/mol. The van der Waals surface area contributed by atoms with E-state index in [4.69, 9.17) is 9.47 Å². The number of hydrogen-bond acceptors (Lipinski definition) is 8. The Morgan fingerprint density at radius 2 is 2.03 bits per heavy atom. The van der Waals surface area contributed by atoms with Crippen LogP contribution in [0.2, 0.25) is 0 Å². The molecule has 1 aromatic carbocycles. The summed E-state index contributed by atoms with van der Waals surface area (Å²) in [6.07, 6.45) is 4.13. The summed E-state index contributed by atoms with van der Waals surface area (Å²) in [5, 5.41) is 12.8. The molecule has 1 aliphatic rings. The Hall–Kier alpha value is -2.83. The summed E-state index contributed by atoms with van der Waals surface area (Å²) >= 11 is 0. The molecule has 12 heteroatoms. The van der Waals surface area contributed by atoms with Gasteiger partial charge in [0, 0.05) is 19.6 Å². The summed E-state index contributed by atoms with van der Waals surface area (Å²) in [5.74, 6) is 1.42. The molecule has 1 fully saturated rings. The highest BCUT2D eigenvalue weighted by Gasteiger charge is 2.25. The zero-order valence-corrected chi connectivity index (χ0v) is 18.8. The van der Waals surface area contributed by atoms with Gasteiger partial charge in [-0.05, 0) is 38.0 Å². The fourth-order valence-electron chi connectivity index (χ4n) is 3.88. The number of nitrogens with zero attached hydrogens (tertiary/aromatic N) is 4. The topological polar surface area (TPSA) is 141 Å². The molecule has 0 bridgehead atoms. The number of ether oxygens (including phenoxy) is 2. The number of benzene rings is 1. The van der Waals surface area contributed by atoms with Crippen molar-refractivity contribution in [1.82, 2.24) is 29.5 Å². The highest BCUT2D eigenvalue weighted by Crippen LogP contribution is 2.33. The van der Waals surface area contributed by atoms with Crippen LogP contribution in [0, 0.1) is 0 Å². The van der Waals surface area contributed by atoms with Crippen LogP contribution in [0.1, 0.15) is 44.3 Å². The molecule has 11 nitrogen and oxygen atoms in total. The number of hydrogen-bond donors (Lipinski definition) is 2. The van der Waals surface area contributed by atoms with E-state index in [2.05, 4.69) is 25.0 Å². The van der Waals surface area contributed by atoms with Crippen LogP contribution in [0.4, 0.5) is 0 Å². The minimum Gasteiger partial charge on any atom is -0.493 e. The van der Waals surface area contributed by atoms with Gasteiger partial charge in [-0.25, -0.2) is 13.1 Å². The van der Waals surface area contributed by atoms with Gasteiger partial charge in [0.25, 0.3) is 5.56 Å². The summed E-state index contributed by atoms with van der Waals surface area (Å²) in [5.41, 5.74) is 0.00540. The molecule has 0 saturated heterocycles. The van der Waals surface area contributed by atoms with Gasteiger partial charge < -0.3 is 14.5 Å². The molecular formula is C20H26N6O5S. The molecule has 172 valence electrons. The standard InChI is InChI=1S/C20H26N6O5S/c1-3-31-16-9-8-14(32(28,29)21-10-11-30-2)12-15(16)17-22-20(27)19-24-23-18(26(19)25-17)13-6-4-5-7-13/h8-9,12-13,21H,3-7,10-11H2,1-2H3,(H,22,25,27). The zero-order chi connectivity index (χ0) is 22.7. The number of aromatic amines is 1. The SMILES string of the molecule is CCOc1ccc(S(=O)(=O)NCCOC)cc1-c1nn2c(C3CCCC3)nnc2c(=O)[nH]1. The maximum Gasteiger partial charge on any atom is 0.296 e. The van der Waals surface area contributed by atoms with E-state index < -0.39 is 15.6 Å². The van der Waals surface area contributed by atoms with E-state index in [0.717, 1.165) is 25.7 Å². The predicted octanol–water partition coefficient (Wildman–Crippen LogP) is 1.46. The van der Waals surface area contributed by atoms with Crippen LogP contribution in [-0.2, 0) is 14.8 Å². The maximum absolute atomic E-state index is 12.7. The van der Waals surface area contributed by atoms with Gasteiger partial charge in [0.1, 0.15) is 5.75 Å². The highest BCUT2D eigenvalue weighted by molar-refractivity contribution is 7.89. The Balaban J connectivity index is 1.82. The summed E-state index contributed by atoms with van der Waals surface area (Å²) in [6.45, 7) is 2.55. The summed E-state index contributed by atoms with van der Waals surface area (Å²) in [7, 11) is -2.30. The fraction of sp³-hybridized carbons (Fsp3) is 0.500. The first-order valence-corrected chi connectivity index (χ1v) is 12.0. The first-order chi connectivity index (χ1) is 15.4. The van der Waals surface area contributed by atoms with Crippen molar-refractivity contribution in [1.29, 1.82) is 0 Å². The molecular weight excluding hydrogens is 436 g/mol. The quantitative estimate of drug-likeness (QED) is 0.456. The minimum absolute atomic E-state index is 0.0228. The second-order valence-electron chi connectivity index (χ2n) is 7.56. The number of sulfonamides is 1. The number of fused-ring (bicyclic) bond motifs is 1. The minimum atomic E-state index is -3.79. The molecule has 1 aliphatic carbocycles. The monoisotopic (exact) mass is 462 g/mol. The zero-order valence-electron chi connectivity index (χ0n) is 18.0. The van der Waals surface area contributed by atoms with E-state index in [-0.39, 0.29) is 35.4 Å². The molecule has 1 saturated carbocycles. The van der Waals surface area contributed by atoms with E-state index in [0.29, 0.717) is 23.7 Å². The third-order valence-electron chi connectivity index (χ3n) is 5.43. The van der Waals surface area contributed by atoms with E-state index in [1.165, 1.54) is 23.8 Å². The van der Waals surface area contributed by atoms with Gasteiger partial charge in [0.15, 0.2) is 11.6 Å². The van der Waals surface area contributed by atoms with Crippen molar-refractivity contribution in [3.05, 3.63) is 34.4 Å². The normalized spacial score (nSPS) is 14.9. The Labute approximate surface area is 185 Å². The molecule has 3 aromatic rings. The lowest BCUT2D eigenvalue weighted by Gasteiger charge is -2.13. The van der Waals surface area contributed by atoms with Crippen molar-refractivity contribution in [2.45, 2.75) is 43.4 Å². The van der Waals surface area contributed by atoms with Crippen molar-refractivity contribution >= 4 is 15.7 Å². The van der Waals surface area contributed by atoms with Crippen LogP contribution >= 0.6 is 0 Å². The number of nitrogens with one attached hydrogen (secondary N) is 2. The predicted molar refractivity (Wildman–Crippen MR) is 116 cm³/mol. The van der Waals surface area contributed by atoms with Crippen molar-refractivity contribution in [3.63, 3.8) is 0 Å². The van der Waals surface area contributed by atoms with Crippen molar-refractivity contribution < 1.29 is 17.9 Å². The van der Waals surface area contributed by atoms with E-state index in [1.54, 1.807) is 6.07 Å². The van der Waals surface area contributed by atoms with E-state index >= 15 is 0 Å². The third kappa shape index (κ3) is 4.38. The molecule has 0 atom stereocenters. The van der Waals surface area contributed by atoms with Crippen LogP contribution in [0.25, 0.3) is 17.0 Å². The molecule has 0 radical (unpaired) electrons. The number of aromatic nitrogens is 5. The van der Waals surface area contributed by atoms with Crippen molar-refractivity contribution in [2.75, 3.05) is 26.9 Å². The lowest BCUT2D eigenvalue weighted by Crippen LogP contribution is -2.27. The van der Waals surface area contributed by atoms with Gasteiger partial charge in [0.05, 0.1) is 23.7 Å². The molecule has 0 amide bonds. The summed E-state index contributed by atoms with van der Waals surface area (Å²) in [6, 6.07) is 4.44. The first kappa shape index (κ1) is 22.4. The fourth-order valence-corrected chi connectivity index (χ4v) is 4.92. The molecule has 4 rings (SSSR count).